The molecule has 3 saturated carbocycles. The molecule has 0 unspecified atom stereocenters. The van der Waals surface area contributed by atoms with E-state index < -0.39 is 6.81 Å². The zero-order chi connectivity index (χ0) is 18.4. The molecule has 3 aliphatic carbocycles. The molecule has 3 fully saturated rings. The molecule has 1 aromatic carbocycles. The summed E-state index contributed by atoms with van der Waals surface area (Å²) in [4.78, 5) is 0. The van der Waals surface area contributed by atoms with Gasteiger partial charge in [-0.3, -0.25) is 0 Å². The summed E-state index contributed by atoms with van der Waals surface area (Å²) >= 11 is 0. The first kappa shape index (κ1) is 20.2. The van der Waals surface area contributed by atoms with Crippen LogP contribution in [0.1, 0.15) is 102 Å². The summed E-state index contributed by atoms with van der Waals surface area (Å²) in [5.41, 5.74) is 5.37. The molecule has 27 heavy (non-hydrogen) atoms. The standard InChI is InChI=1S/C25H43PSi/c1-5-13-22(14-6-1)21-27-26(23-15-7-2-8-16-23,24-17-9-3-10-18-24)25-19-11-4-12-20-25/h1,5-6,13-14,23-26H,2-4,7-12,15-21,27H2. The fourth-order valence-corrected chi connectivity index (χ4v) is 25.8. The van der Waals surface area contributed by atoms with Gasteiger partial charge in [-0.2, -0.15) is 0 Å². The van der Waals surface area contributed by atoms with Crippen LogP contribution in [-0.4, -0.2) is 26.2 Å². The van der Waals surface area contributed by atoms with Crippen molar-refractivity contribution in [2.75, 3.05) is 0 Å². The van der Waals surface area contributed by atoms with Crippen LogP contribution in [0.3, 0.4) is 0 Å². The summed E-state index contributed by atoms with van der Waals surface area (Å²) in [6, 6.07) is 13.2. The predicted octanol–water partition coefficient (Wildman–Crippen LogP) is 7.02. The van der Waals surface area contributed by atoms with E-state index in [4.69, 9.17) is 0 Å². The van der Waals surface area contributed by atoms with Gasteiger partial charge in [0, 0.05) is 0 Å². The molecule has 0 aliphatic heterocycles. The first-order valence-corrected chi connectivity index (χ1v) is 18.0. The van der Waals surface area contributed by atoms with Crippen molar-refractivity contribution in [1.82, 2.24) is 0 Å². The second-order valence-corrected chi connectivity index (χ2v) is 21.0. The molecule has 0 amide bonds. The van der Waals surface area contributed by atoms with Gasteiger partial charge in [0.05, 0.1) is 0 Å². The molecule has 0 N–H and O–H groups in total. The summed E-state index contributed by atoms with van der Waals surface area (Å²) < 4.78 is 0. The average molecular weight is 403 g/mol. The third-order valence-corrected chi connectivity index (χ3v) is 25.3. The Labute approximate surface area is 171 Å². The second-order valence-electron chi connectivity index (χ2n) is 10.1. The van der Waals surface area contributed by atoms with Crippen molar-refractivity contribution >= 4 is 16.0 Å². The van der Waals surface area contributed by atoms with Crippen molar-refractivity contribution in [2.24, 2.45) is 0 Å². The number of hydrogen-bond donors (Lipinski definition) is 0. The van der Waals surface area contributed by atoms with Gasteiger partial charge in [-0.25, -0.2) is 0 Å². The summed E-state index contributed by atoms with van der Waals surface area (Å²) in [6.45, 7) is -1.14. The summed E-state index contributed by atoms with van der Waals surface area (Å²) in [6.07, 6.45) is 23.9. The van der Waals surface area contributed by atoms with Gasteiger partial charge >= 0.3 is 171 Å². The van der Waals surface area contributed by atoms with E-state index in [0.29, 0.717) is 0 Å². The monoisotopic (exact) mass is 402 g/mol. The van der Waals surface area contributed by atoms with Gasteiger partial charge in [-0.15, -0.1) is 0 Å². The molecule has 4 rings (SSSR count). The molecule has 1 aromatic rings. The van der Waals surface area contributed by atoms with Crippen molar-refractivity contribution in [3.63, 3.8) is 0 Å². The van der Waals surface area contributed by atoms with Gasteiger partial charge in [0.2, 0.25) is 0 Å². The molecule has 3 aliphatic rings. The second kappa shape index (κ2) is 10.1. The minimum absolute atomic E-state index is 0.0245. The minimum atomic E-state index is -1.14. The van der Waals surface area contributed by atoms with Gasteiger partial charge in [0.15, 0.2) is 0 Å². The van der Waals surface area contributed by atoms with Crippen molar-refractivity contribution in [3.05, 3.63) is 35.9 Å². The van der Waals surface area contributed by atoms with E-state index >= 15 is 0 Å². The SMILES string of the molecule is c1ccc(C[SiH2][PH](C2CCCCC2)(C2CCCCC2)C2CCCCC2)cc1. The number of benzene rings is 1. The van der Waals surface area contributed by atoms with Crippen LogP contribution in [0.2, 0.25) is 0 Å². The molecular weight excluding hydrogens is 359 g/mol. The van der Waals surface area contributed by atoms with E-state index in [1.54, 1.807) is 82.6 Å². The van der Waals surface area contributed by atoms with Crippen LogP contribution in [0, 0.1) is 0 Å². The van der Waals surface area contributed by atoms with E-state index in [1.807, 2.05) is 0 Å². The molecule has 0 bridgehead atoms. The van der Waals surface area contributed by atoms with Crippen molar-refractivity contribution in [3.8, 4) is 0 Å². The van der Waals surface area contributed by atoms with Crippen molar-refractivity contribution in [2.45, 2.75) is 119 Å². The van der Waals surface area contributed by atoms with Gasteiger partial charge in [-0.1, -0.05) is 0 Å². The maximum absolute atomic E-state index is 2.44. The van der Waals surface area contributed by atoms with Crippen LogP contribution in [0.15, 0.2) is 30.3 Å². The zero-order valence-corrected chi connectivity index (χ0v) is 20.1. The van der Waals surface area contributed by atoms with Gasteiger partial charge in [0.25, 0.3) is 0 Å². The average Bonchev–Trinajstić information content (AvgIpc) is 2.77. The number of rotatable bonds is 6. The Hall–Kier alpha value is -0.133. The van der Waals surface area contributed by atoms with Crippen molar-refractivity contribution < 1.29 is 0 Å². The molecule has 0 radical (unpaired) electrons. The fourth-order valence-electron chi connectivity index (χ4n) is 7.54. The molecule has 152 valence electrons. The van der Waals surface area contributed by atoms with Crippen LogP contribution in [0.25, 0.3) is 0 Å². The summed E-state index contributed by atoms with van der Waals surface area (Å²) in [7, 11) is 0.0245. The quantitative estimate of drug-likeness (QED) is 0.354. The van der Waals surface area contributed by atoms with E-state index in [0.717, 1.165) is 0 Å². The molecule has 0 atom stereocenters. The molecule has 0 spiro atoms. The summed E-state index contributed by atoms with van der Waals surface area (Å²) in [5.74, 6) is 0. The molecule has 0 nitrogen and oxygen atoms in total. The zero-order valence-electron chi connectivity index (χ0n) is 17.6. The predicted molar refractivity (Wildman–Crippen MR) is 128 cm³/mol. The van der Waals surface area contributed by atoms with Gasteiger partial charge in [-0.05, 0) is 0 Å². The molecular formula is C25H43PSi. The van der Waals surface area contributed by atoms with E-state index in [9.17, 15) is 0 Å². The Bertz CT molecular complexity index is 493. The normalized spacial score (nSPS) is 25.2. The first-order valence-electron chi connectivity index (χ1n) is 12.4. The van der Waals surface area contributed by atoms with Crippen LogP contribution in [0.5, 0.6) is 0 Å². The van der Waals surface area contributed by atoms with E-state index in [2.05, 4.69) is 30.3 Å². The Kier molecular flexibility index (Phi) is 7.51. The van der Waals surface area contributed by atoms with Crippen LogP contribution >= 0.6 is 6.81 Å². The Balaban J connectivity index is 1.64. The van der Waals surface area contributed by atoms with Crippen LogP contribution in [0.4, 0.5) is 0 Å². The van der Waals surface area contributed by atoms with Crippen LogP contribution in [-0.2, 0) is 6.04 Å². The first-order chi connectivity index (χ1) is 13.4. The molecule has 0 aromatic heterocycles. The summed E-state index contributed by atoms with van der Waals surface area (Å²) in [5, 5.41) is 0. The molecule has 0 heterocycles. The van der Waals surface area contributed by atoms with Gasteiger partial charge < -0.3 is 0 Å². The topological polar surface area (TPSA) is 0 Å². The Morgan fingerprint density at radius 1 is 0.593 bits per heavy atom. The van der Waals surface area contributed by atoms with E-state index in [-0.39, 0.29) is 9.19 Å². The molecule has 0 saturated heterocycles. The van der Waals surface area contributed by atoms with Crippen LogP contribution < -0.4 is 0 Å². The fraction of sp³-hybridized carbons (Fsp3) is 0.760. The third-order valence-electron chi connectivity index (χ3n) is 8.79. The number of hydrogen-bond acceptors (Lipinski definition) is 0. The molecule has 2 heteroatoms. The maximum atomic E-state index is 2.44. The van der Waals surface area contributed by atoms with Crippen molar-refractivity contribution in [1.29, 1.82) is 0 Å². The third kappa shape index (κ3) is 4.72. The Morgan fingerprint density at radius 2 is 1.00 bits per heavy atom. The Morgan fingerprint density at radius 3 is 1.41 bits per heavy atom. The van der Waals surface area contributed by atoms with E-state index in [1.165, 1.54) is 42.3 Å². The van der Waals surface area contributed by atoms with Gasteiger partial charge in [0.1, 0.15) is 0 Å².